The molecule has 2 atom stereocenters. The highest BCUT2D eigenvalue weighted by Crippen LogP contribution is 2.40. The Morgan fingerprint density at radius 2 is 2.06 bits per heavy atom. The number of pyridine rings is 2. The summed E-state index contributed by atoms with van der Waals surface area (Å²) in [5.41, 5.74) is 7.20. The number of aryl methyl sites for hydroxylation is 1. The maximum Gasteiger partial charge on any atom is 0.433 e. The average molecular weight is 448 g/mol. The van der Waals surface area contributed by atoms with Crippen LogP contribution in [0.3, 0.4) is 0 Å². The second kappa shape index (κ2) is 8.03. The first-order valence-corrected chi connectivity index (χ1v) is 10.8. The standard InChI is InChI=1S/C23H28F3N5O/c1-13(15-4-5-15)30-21(32)17-11-29-14(2)19(20(17)31-9-7-22(3,27)12-31)16-6-8-28-18(10-16)23(24,25)26/h6,8,10-11,13,15H,4-5,7,9,12,27H2,1-3H3,(H,30,32)/t13?,22-/m0/s1. The maximum atomic E-state index is 13.4. The van der Waals surface area contributed by atoms with Gasteiger partial charge in [-0.2, -0.15) is 13.2 Å². The van der Waals surface area contributed by atoms with E-state index in [-0.39, 0.29) is 11.9 Å². The van der Waals surface area contributed by atoms with Crippen molar-refractivity contribution in [1.82, 2.24) is 15.3 Å². The molecule has 172 valence electrons. The summed E-state index contributed by atoms with van der Waals surface area (Å²) in [6.45, 7) is 6.73. The van der Waals surface area contributed by atoms with Gasteiger partial charge in [0.05, 0.1) is 11.3 Å². The summed E-state index contributed by atoms with van der Waals surface area (Å²) in [5.74, 6) is 0.192. The molecule has 0 aromatic carbocycles. The van der Waals surface area contributed by atoms with Gasteiger partial charge in [-0.1, -0.05) is 0 Å². The van der Waals surface area contributed by atoms with Crippen LogP contribution in [0.4, 0.5) is 18.9 Å². The normalized spacial score (nSPS) is 22.2. The third kappa shape index (κ3) is 4.57. The number of alkyl halides is 3. The molecular formula is C23H28F3N5O. The number of hydrogen-bond donors (Lipinski definition) is 2. The molecule has 0 radical (unpaired) electrons. The molecule has 6 nitrogen and oxygen atoms in total. The monoisotopic (exact) mass is 447 g/mol. The molecule has 9 heteroatoms. The van der Waals surface area contributed by atoms with Crippen molar-refractivity contribution in [3.63, 3.8) is 0 Å². The summed E-state index contributed by atoms with van der Waals surface area (Å²) in [5, 5.41) is 3.05. The lowest BCUT2D eigenvalue weighted by Crippen LogP contribution is -2.40. The van der Waals surface area contributed by atoms with Gasteiger partial charge in [0.2, 0.25) is 0 Å². The highest BCUT2D eigenvalue weighted by atomic mass is 19.4. The summed E-state index contributed by atoms with van der Waals surface area (Å²) in [6, 6.07) is 2.56. The fourth-order valence-corrected chi connectivity index (χ4v) is 4.35. The molecule has 0 spiro atoms. The van der Waals surface area contributed by atoms with Gasteiger partial charge < -0.3 is 16.0 Å². The lowest BCUT2D eigenvalue weighted by atomic mass is 9.97. The van der Waals surface area contributed by atoms with Crippen molar-refractivity contribution in [3.05, 3.63) is 41.5 Å². The number of amides is 1. The lowest BCUT2D eigenvalue weighted by molar-refractivity contribution is -0.141. The molecule has 32 heavy (non-hydrogen) atoms. The van der Waals surface area contributed by atoms with E-state index < -0.39 is 17.4 Å². The fraction of sp³-hybridized carbons (Fsp3) is 0.522. The molecule has 2 aromatic rings. The van der Waals surface area contributed by atoms with Crippen molar-refractivity contribution in [2.45, 2.75) is 57.8 Å². The molecule has 1 unspecified atom stereocenters. The lowest BCUT2D eigenvalue weighted by Gasteiger charge is -2.28. The summed E-state index contributed by atoms with van der Waals surface area (Å²) < 4.78 is 40.1. The molecule has 3 N–H and O–H groups in total. The van der Waals surface area contributed by atoms with Crippen LogP contribution in [0.25, 0.3) is 11.1 Å². The number of rotatable bonds is 5. The van der Waals surface area contributed by atoms with Crippen molar-refractivity contribution in [1.29, 1.82) is 0 Å². The number of hydrogen-bond acceptors (Lipinski definition) is 5. The molecular weight excluding hydrogens is 419 g/mol. The van der Waals surface area contributed by atoms with E-state index in [4.69, 9.17) is 5.73 Å². The first kappa shape index (κ1) is 22.5. The number of carbonyl (C=O) groups is 1. The number of halogens is 3. The molecule has 2 fully saturated rings. The van der Waals surface area contributed by atoms with Crippen LogP contribution in [0.1, 0.15) is 54.9 Å². The zero-order chi connectivity index (χ0) is 23.3. The first-order chi connectivity index (χ1) is 15.0. The van der Waals surface area contributed by atoms with Crippen LogP contribution in [0.15, 0.2) is 24.5 Å². The topological polar surface area (TPSA) is 84.1 Å². The maximum absolute atomic E-state index is 13.4. The Kier molecular flexibility index (Phi) is 5.65. The van der Waals surface area contributed by atoms with Gasteiger partial charge in [-0.25, -0.2) is 0 Å². The van der Waals surface area contributed by atoms with Crippen LogP contribution in [-0.4, -0.2) is 40.5 Å². The molecule has 3 heterocycles. The molecule has 1 amide bonds. The average Bonchev–Trinajstić information content (AvgIpc) is 3.50. The summed E-state index contributed by atoms with van der Waals surface area (Å²) in [6.07, 6.45) is 0.954. The van der Waals surface area contributed by atoms with Crippen molar-refractivity contribution in [2.24, 2.45) is 11.7 Å². The minimum atomic E-state index is -4.57. The molecule has 1 saturated heterocycles. The minimum Gasteiger partial charge on any atom is -0.368 e. The molecule has 1 aliphatic heterocycles. The van der Waals surface area contributed by atoms with Crippen molar-refractivity contribution in [3.8, 4) is 11.1 Å². The predicted octanol–water partition coefficient (Wildman–Crippen LogP) is 3.93. The van der Waals surface area contributed by atoms with E-state index in [0.717, 1.165) is 25.1 Å². The second-order valence-electron chi connectivity index (χ2n) is 9.33. The zero-order valence-corrected chi connectivity index (χ0v) is 18.5. The SMILES string of the molecule is Cc1ncc(C(=O)NC(C)C2CC2)c(N2CC[C@](C)(N)C2)c1-c1ccnc(C(F)(F)F)c1. The van der Waals surface area contributed by atoms with Gasteiger partial charge >= 0.3 is 6.18 Å². The molecule has 2 aromatic heterocycles. The predicted molar refractivity (Wildman–Crippen MR) is 116 cm³/mol. The van der Waals surface area contributed by atoms with E-state index in [1.54, 1.807) is 6.92 Å². The number of nitrogens with two attached hydrogens (primary N) is 1. The van der Waals surface area contributed by atoms with Crippen LogP contribution in [0.5, 0.6) is 0 Å². The van der Waals surface area contributed by atoms with Gasteiger partial charge in [0.25, 0.3) is 5.91 Å². The van der Waals surface area contributed by atoms with Crippen LogP contribution in [0, 0.1) is 12.8 Å². The van der Waals surface area contributed by atoms with Crippen LogP contribution >= 0.6 is 0 Å². The largest absolute Gasteiger partial charge is 0.433 e. The number of anilines is 1. The minimum absolute atomic E-state index is 0.0243. The van der Waals surface area contributed by atoms with Crippen molar-refractivity contribution < 1.29 is 18.0 Å². The van der Waals surface area contributed by atoms with E-state index in [1.807, 2.05) is 18.7 Å². The zero-order valence-electron chi connectivity index (χ0n) is 18.5. The van der Waals surface area contributed by atoms with Gasteiger partial charge in [-0.15, -0.1) is 0 Å². The molecule has 0 bridgehead atoms. The van der Waals surface area contributed by atoms with E-state index in [0.29, 0.717) is 53.5 Å². The van der Waals surface area contributed by atoms with Gasteiger partial charge in [-0.3, -0.25) is 14.8 Å². The summed E-state index contributed by atoms with van der Waals surface area (Å²) >= 11 is 0. The number of carbonyl (C=O) groups excluding carboxylic acids is 1. The van der Waals surface area contributed by atoms with E-state index >= 15 is 0 Å². The van der Waals surface area contributed by atoms with Crippen LogP contribution in [0.2, 0.25) is 0 Å². The molecule has 1 aliphatic carbocycles. The Morgan fingerprint density at radius 3 is 2.66 bits per heavy atom. The highest BCUT2D eigenvalue weighted by Gasteiger charge is 2.37. The van der Waals surface area contributed by atoms with Gasteiger partial charge in [0.15, 0.2) is 0 Å². The highest BCUT2D eigenvalue weighted by molar-refractivity contribution is 6.04. The third-order valence-corrected chi connectivity index (χ3v) is 6.33. The Morgan fingerprint density at radius 1 is 1.34 bits per heavy atom. The molecule has 4 rings (SSSR count). The van der Waals surface area contributed by atoms with E-state index in [2.05, 4.69) is 15.3 Å². The quantitative estimate of drug-likeness (QED) is 0.726. The van der Waals surface area contributed by atoms with Gasteiger partial charge in [0, 0.05) is 48.3 Å². The van der Waals surface area contributed by atoms with Gasteiger partial charge in [0.1, 0.15) is 5.69 Å². The summed E-state index contributed by atoms with van der Waals surface area (Å²) in [4.78, 5) is 23.1. The fourth-order valence-electron chi connectivity index (χ4n) is 4.35. The van der Waals surface area contributed by atoms with E-state index in [9.17, 15) is 18.0 Å². The third-order valence-electron chi connectivity index (χ3n) is 6.33. The number of nitrogens with one attached hydrogen (secondary N) is 1. The smallest absolute Gasteiger partial charge is 0.368 e. The second-order valence-corrected chi connectivity index (χ2v) is 9.33. The number of nitrogens with zero attached hydrogens (tertiary/aromatic N) is 3. The Hall–Kier alpha value is -2.68. The van der Waals surface area contributed by atoms with Crippen molar-refractivity contribution in [2.75, 3.05) is 18.0 Å². The van der Waals surface area contributed by atoms with Gasteiger partial charge in [-0.05, 0) is 63.6 Å². The van der Waals surface area contributed by atoms with Crippen LogP contribution < -0.4 is 16.0 Å². The Bertz CT molecular complexity index is 1030. The van der Waals surface area contributed by atoms with Crippen LogP contribution in [-0.2, 0) is 6.18 Å². The van der Waals surface area contributed by atoms with Crippen molar-refractivity contribution >= 4 is 11.6 Å². The Balaban J connectivity index is 1.84. The first-order valence-electron chi connectivity index (χ1n) is 10.8. The molecule has 2 aliphatic rings. The van der Waals surface area contributed by atoms with E-state index in [1.165, 1.54) is 12.3 Å². The summed E-state index contributed by atoms with van der Waals surface area (Å²) in [7, 11) is 0. The molecule has 1 saturated carbocycles. The number of aromatic nitrogens is 2. The Labute approximate surface area is 185 Å².